The lowest BCUT2D eigenvalue weighted by molar-refractivity contribution is -0.137. The van der Waals surface area contributed by atoms with Crippen LogP contribution in [0.5, 0.6) is 0 Å². The van der Waals surface area contributed by atoms with Crippen molar-refractivity contribution >= 4 is 12.0 Å². The number of amides is 2. The van der Waals surface area contributed by atoms with Gasteiger partial charge < -0.3 is 14.9 Å². The SMILES string of the molecule is CC(C)N(CCCC(=O)O)C(=O)N(CC1CC1)CC1CC1. The Morgan fingerprint density at radius 3 is 2.00 bits per heavy atom. The average molecular weight is 296 g/mol. The zero-order valence-electron chi connectivity index (χ0n) is 13.3. The lowest BCUT2D eigenvalue weighted by Gasteiger charge is -2.33. The van der Waals surface area contributed by atoms with Gasteiger partial charge >= 0.3 is 12.0 Å². The van der Waals surface area contributed by atoms with Gasteiger partial charge in [0.1, 0.15) is 0 Å². The second kappa shape index (κ2) is 7.14. The van der Waals surface area contributed by atoms with E-state index in [0.717, 1.165) is 13.1 Å². The summed E-state index contributed by atoms with van der Waals surface area (Å²) >= 11 is 0. The molecule has 21 heavy (non-hydrogen) atoms. The van der Waals surface area contributed by atoms with E-state index in [1.807, 2.05) is 23.6 Å². The first-order chi connectivity index (χ1) is 9.97. The second-order valence-corrected chi connectivity index (χ2v) is 6.86. The van der Waals surface area contributed by atoms with Crippen molar-refractivity contribution in [3.05, 3.63) is 0 Å². The van der Waals surface area contributed by atoms with Gasteiger partial charge in [0.05, 0.1) is 0 Å². The summed E-state index contributed by atoms with van der Waals surface area (Å²) in [7, 11) is 0. The number of carboxylic acid groups (broad SMARTS) is 1. The molecule has 0 aromatic carbocycles. The van der Waals surface area contributed by atoms with Crippen molar-refractivity contribution in [2.24, 2.45) is 11.8 Å². The van der Waals surface area contributed by atoms with E-state index in [2.05, 4.69) is 0 Å². The van der Waals surface area contributed by atoms with E-state index in [1.54, 1.807) is 0 Å². The molecule has 0 unspecified atom stereocenters. The van der Waals surface area contributed by atoms with Crippen LogP contribution in [0.4, 0.5) is 4.79 Å². The summed E-state index contributed by atoms with van der Waals surface area (Å²) in [5.41, 5.74) is 0. The Hall–Kier alpha value is -1.26. The molecule has 5 nitrogen and oxygen atoms in total. The van der Waals surface area contributed by atoms with Gasteiger partial charge in [-0.1, -0.05) is 0 Å². The molecule has 0 aliphatic heterocycles. The zero-order valence-corrected chi connectivity index (χ0v) is 13.3. The number of carbonyl (C=O) groups is 2. The van der Waals surface area contributed by atoms with Crippen LogP contribution < -0.4 is 0 Å². The Labute approximate surface area is 127 Å². The van der Waals surface area contributed by atoms with Gasteiger partial charge in [-0.05, 0) is 57.8 Å². The standard InChI is InChI=1S/C16H28N2O3/c1-12(2)18(9-3-4-15(19)20)16(21)17(10-13-5-6-13)11-14-7-8-14/h12-14H,3-11H2,1-2H3,(H,19,20). The van der Waals surface area contributed by atoms with Crippen LogP contribution in [-0.2, 0) is 4.79 Å². The summed E-state index contributed by atoms with van der Waals surface area (Å²) in [6.07, 6.45) is 5.64. The van der Waals surface area contributed by atoms with E-state index >= 15 is 0 Å². The molecule has 2 aliphatic rings. The van der Waals surface area contributed by atoms with Crippen molar-refractivity contribution in [1.82, 2.24) is 9.80 Å². The molecule has 0 aromatic rings. The second-order valence-electron chi connectivity index (χ2n) is 6.86. The molecule has 2 amide bonds. The van der Waals surface area contributed by atoms with Gasteiger partial charge in [0.2, 0.25) is 0 Å². The molecule has 0 saturated heterocycles. The van der Waals surface area contributed by atoms with Gasteiger partial charge in [0.15, 0.2) is 0 Å². The maximum absolute atomic E-state index is 12.8. The summed E-state index contributed by atoms with van der Waals surface area (Å²) in [6, 6.07) is 0.224. The molecular weight excluding hydrogens is 268 g/mol. The molecule has 0 heterocycles. The van der Waals surface area contributed by atoms with Gasteiger partial charge in [-0.3, -0.25) is 4.79 Å². The number of carboxylic acids is 1. The molecule has 2 fully saturated rings. The Balaban J connectivity index is 1.90. The number of carbonyl (C=O) groups excluding carboxylic acids is 1. The summed E-state index contributed by atoms with van der Waals surface area (Å²) in [6.45, 7) is 6.32. The number of aliphatic carboxylic acids is 1. The van der Waals surface area contributed by atoms with Crippen LogP contribution in [0, 0.1) is 11.8 Å². The highest BCUT2D eigenvalue weighted by Crippen LogP contribution is 2.34. The van der Waals surface area contributed by atoms with Crippen LogP contribution in [0.15, 0.2) is 0 Å². The van der Waals surface area contributed by atoms with Crippen molar-refractivity contribution in [2.75, 3.05) is 19.6 Å². The lowest BCUT2D eigenvalue weighted by atomic mass is 10.2. The molecule has 0 radical (unpaired) electrons. The quantitative estimate of drug-likeness (QED) is 0.711. The lowest BCUT2D eigenvalue weighted by Crippen LogP contribution is -2.48. The molecule has 0 atom stereocenters. The van der Waals surface area contributed by atoms with Crippen LogP contribution in [-0.4, -0.2) is 52.6 Å². The minimum atomic E-state index is -0.793. The van der Waals surface area contributed by atoms with Gasteiger partial charge in [-0.2, -0.15) is 0 Å². The largest absolute Gasteiger partial charge is 0.481 e. The molecule has 0 spiro atoms. The summed E-state index contributed by atoms with van der Waals surface area (Å²) in [5.74, 6) is 0.598. The van der Waals surface area contributed by atoms with Crippen molar-refractivity contribution < 1.29 is 14.7 Å². The Bertz CT molecular complexity index is 362. The van der Waals surface area contributed by atoms with Crippen LogP contribution in [0.3, 0.4) is 0 Å². The van der Waals surface area contributed by atoms with E-state index in [0.29, 0.717) is 24.8 Å². The first kappa shape index (κ1) is 16.1. The summed E-state index contributed by atoms with van der Waals surface area (Å²) < 4.78 is 0. The number of rotatable bonds is 9. The van der Waals surface area contributed by atoms with Crippen LogP contribution >= 0.6 is 0 Å². The fourth-order valence-corrected chi connectivity index (χ4v) is 2.61. The maximum atomic E-state index is 12.8. The third kappa shape index (κ3) is 5.56. The van der Waals surface area contributed by atoms with E-state index in [1.165, 1.54) is 25.7 Å². The van der Waals surface area contributed by atoms with Crippen molar-refractivity contribution in [1.29, 1.82) is 0 Å². The predicted molar refractivity (Wildman–Crippen MR) is 81.1 cm³/mol. The Morgan fingerprint density at radius 2 is 1.62 bits per heavy atom. The average Bonchev–Trinajstić information content (AvgIpc) is 3.27. The van der Waals surface area contributed by atoms with E-state index in [-0.39, 0.29) is 18.5 Å². The summed E-state index contributed by atoms with van der Waals surface area (Å²) in [5, 5.41) is 8.75. The number of hydrogen-bond acceptors (Lipinski definition) is 2. The van der Waals surface area contributed by atoms with E-state index < -0.39 is 5.97 Å². The van der Waals surface area contributed by atoms with Gasteiger partial charge in [0, 0.05) is 32.1 Å². The molecule has 2 rings (SSSR count). The molecule has 2 saturated carbocycles. The molecular formula is C16H28N2O3. The van der Waals surface area contributed by atoms with Crippen LogP contribution in [0.25, 0.3) is 0 Å². The fourth-order valence-electron chi connectivity index (χ4n) is 2.61. The van der Waals surface area contributed by atoms with Crippen LogP contribution in [0.1, 0.15) is 52.4 Å². The highest BCUT2D eigenvalue weighted by atomic mass is 16.4. The number of hydrogen-bond donors (Lipinski definition) is 1. The Morgan fingerprint density at radius 1 is 1.10 bits per heavy atom. The molecule has 0 bridgehead atoms. The van der Waals surface area contributed by atoms with E-state index in [4.69, 9.17) is 5.11 Å². The maximum Gasteiger partial charge on any atom is 0.320 e. The van der Waals surface area contributed by atoms with Gasteiger partial charge in [0.25, 0.3) is 0 Å². The van der Waals surface area contributed by atoms with Gasteiger partial charge in [-0.15, -0.1) is 0 Å². The number of nitrogens with zero attached hydrogens (tertiary/aromatic N) is 2. The molecule has 1 N–H and O–H groups in total. The molecule has 5 heteroatoms. The third-order valence-electron chi connectivity index (χ3n) is 4.28. The van der Waals surface area contributed by atoms with Gasteiger partial charge in [-0.25, -0.2) is 4.79 Å². The minimum absolute atomic E-state index is 0.106. The molecule has 0 aromatic heterocycles. The fraction of sp³-hybridized carbons (Fsp3) is 0.875. The molecule has 2 aliphatic carbocycles. The normalized spacial score (nSPS) is 17.9. The Kier molecular flexibility index (Phi) is 5.48. The topological polar surface area (TPSA) is 60.9 Å². The third-order valence-corrected chi connectivity index (χ3v) is 4.28. The first-order valence-corrected chi connectivity index (χ1v) is 8.24. The summed E-state index contributed by atoms with van der Waals surface area (Å²) in [4.78, 5) is 27.3. The minimum Gasteiger partial charge on any atom is -0.481 e. The first-order valence-electron chi connectivity index (χ1n) is 8.24. The monoisotopic (exact) mass is 296 g/mol. The van der Waals surface area contributed by atoms with Crippen LogP contribution in [0.2, 0.25) is 0 Å². The smallest absolute Gasteiger partial charge is 0.320 e. The highest BCUT2D eigenvalue weighted by Gasteiger charge is 2.33. The number of urea groups is 1. The van der Waals surface area contributed by atoms with Crippen molar-refractivity contribution in [3.8, 4) is 0 Å². The predicted octanol–water partition coefficient (Wildman–Crippen LogP) is 2.80. The molecule has 120 valence electrons. The zero-order chi connectivity index (χ0) is 15.4. The van der Waals surface area contributed by atoms with Crippen molar-refractivity contribution in [2.45, 2.75) is 58.4 Å². The van der Waals surface area contributed by atoms with Crippen molar-refractivity contribution in [3.63, 3.8) is 0 Å². The highest BCUT2D eigenvalue weighted by molar-refractivity contribution is 5.75. The van der Waals surface area contributed by atoms with E-state index in [9.17, 15) is 9.59 Å².